The fourth-order valence-corrected chi connectivity index (χ4v) is 1.88. The van der Waals surface area contributed by atoms with Gasteiger partial charge in [0.2, 0.25) is 0 Å². The van der Waals surface area contributed by atoms with Crippen molar-refractivity contribution in [3.8, 4) is 5.75 Å². The molecule has 1 aliphatic rings. The summed E-state index contributed by atoms with van der Waals surface area (Å²) < 4.78 is 5.16. The van der Waals surface area contributed by atoms with Crippen LogP contribution < -0.4 is 4.74 Å². The van der Waals surface area contributed by atoms with Crippen LogP contribution in [0.2, 0.25) is 0 Å². The van der Waals surface area contributed by atoms with E-state index in [1.165, 1.54) is 0 Å². The Hall–Kier alpha value is -1.57. The van der Waals surface area contributed by atoms with E-state index in [2.05, 4.69) is 0 Å². The SMILES string of the molecule is CC.COc1ccc2c(c1)C=CC(=O)C2(C)C. The lowest BCUT2D eigenvalue weighted by Crippen LogP contribution is -2.30. The monoisotopic (exact) mass is 232 g/mol. The summed E-state index contributed by atoms with van der Waals surface area (Å²) in [7, 11) is 1.64. The number of carbonyl (C=O) groups is 1. The molecule has 0 bridgehead atoms. The summed E-state index contributed by atoms with van der Waals surface area (Å²) in [4.78, 5) is 11.7. The average Bonchev–Trinajstić information content (AvgIpc) is 2.36. The highest BCUT2D eigenvalue weighted by molar-refractivity contribution is 6.04. The minimum Gasteiger partial charge on any atom is -0.497 e. The van der Waals surface area contributed by atoms with Crippen molar-refractivity contribution in [2.24, 2.45) is 0 Å². The van der Waals surface area contributed by atoms with E-state index < -0.39 is 5.41 Å². The number of hydrogen-bond acceptors (Lipinski definition) is 2. The van der Waals surface area contributed by atoms with E-state index in [1.54, 1.807) is 13.2 Å². The molecule has 0 saturated carbocycles. The van der Waals surface area contributed by atoms with Gasteiger partial charge in [-0.15, -0.1) is 0 Å². The molecule has 0 unspecified atom stereocenters. The van der Waals surface area contributed by atoms with Gasteiger partial charge >= 0.3 is 0 Å². The number of carbonyl (C=O) groups excluding carboxylic acids is 1. The average molecular weight is 232 g/mol. The molecular formula is C15H20O2. The molecule has 0 amide bonds. The van der Waals surface area contributed by atoms with Crippen LogP contribution >= 0.6 is 0 Å². The lowest BCUT2D eigenvalue weighted by Gasteiger charge is -2.27. The largest absolute Gasteiger partial charge is 0.497 e. The first-order valence-corrected chi connectivity index (χ1v) is 5.97. The maximum absolute atomic E-state index is 11.7. The molecule has 2 nitrogen and oxygen atoms in total. The minimum absolute atomic E-state index is 0.153. The molecular weight excluding hydrogens is 212 g/mol. The molecule has 1 aromatic carbocycles. The van der Waals surface area contributed by atoms with Crippen molar-refractivity contribution >= 4 is 11.9 Å². The fourth-order valence-electron chi connectivity index (χ4n) is 1.88. The fraction of sp³-hybridized carbons (Fsp3) is 0.400. The second kappa shape index (κ2) is 5.17. The number of hydrogen-bond donors (Lipinski definition) is 0. The molecule has 2 rings (SSSR count). The van der Waals surface area contributed by atoms with Gasteiger partial charge < -0.3 is 4.74 Å². The smallest absolute Gasteiger partial charge is 0.165 e. The summed E-state index contributed by atoms with van der Waals surface area (Å²) in [5.74, 6) is 0.976. The Labute approximate surface area is 103 Å². The van der Waals surface area contributed by atoms with Gasteiger partial charge in [0.05, 0.1) is 12.5 Å². The lowest BCUT2D eigenvalue weighted by atomic mass is 9.75. The van der Waals surface area contributed by atoms with Crippen LogP contribution in [0.3, 0.4) is 0 Å². The van der Waals surface area contributed by atoms with Crippen molar-refractivity contribution in [3.05, 3.63) is 35.4 Å². The number of ether oxygens (including phenoxy) is 1. The number of ketones is 1. The molecule has 0 aromatic heterocycles. The molecule has 2 heteroatoms. The van der Waals surface area contributed by atoms with E-state index in [-0.39, 0.29) is 5.78 Å². The number of fused-ring (bicyclic) bond motifs is 1. The number of methoxy groups -OCH3 is 1. The zero-order valence-corrected chi connectivity index (χ0v) is 11.2. The second-order valence-electron chi connectivity index (χ2n) is 4.28. The van der Waals surface area contributed by atoms with Gasteiger partial charge in [0.1, 0.15) is 5.75 Å². The topological polar surface area (TPSA) is 26.3 Å². The third-order valence-corrected chi connectivity index (χ3v) is 2.96. The molecule has 0 atom stereocenters. The third kappa shape index (κ3) is 2.41. The van der Waals surface area contributed by atoms with E-state index in [0.29, 0.717) is 0 Å². The maximum Gasteiger partial charge on any atom is 0.165 e. The number of rotatable bonds is 1. The minimum atomic E-state index is -0.420. The molecule has 92 valence electrons. The van der Waals surface area contributed by atoms with Crippen molar-refractivity contribution < 1.29 is 9.53 Å². The Morgan fingerprint density at radius 3 is 2.35 bits per heavy atom. The van der Waals surface area contributed by atoms with Crippen LogP contribution in [0.15, 0.2) is 24.3 Å². The van der Waals surface area contributed by atoms with Gasteiger partial charge in [0, 0.05) is 0 Å². The summed E-state index contributed by atoms with van der Waals surface area (Å²) in [6.45, 7) is 7.90. The standard InChI is InChI=1S/C13H14O2.C2H6/c1-13(2)11-6-5-10(15-3)8-9(11)4-7-12(13)14;1-2/h4-8H,1-3H3;1-2H3. The van der Waals surface area contributed by atoms with Crippen molar-refractivity contribution in [1.29, 1.82) is 0 Å². The summed E-state index contributed by atoms with van der Waals surface area (Å²) >= 11 is 0. The van der Waals surface area contributed by atoms with Gasteiger partial charge in [-0.3, -0.25) is 4.79 Å². The Kier molecular flexibility index (Phi) is 4.11. The highest BCUT2D eigenvalue weighted by atomic mass is 16.5. The first-order chi connectivity index (χ1) is 8.05. The number of benzene rings is 1. The van der Waals surface area contributed by atoms with E-state index >= 15 is 0 Å². The van der Waals surface area contributed by atoms with Crippen LogP contribution in [0.25, 0.3) is 6.08 Å². The normalized spacial score (nSPS) is 15.7. The highest BCUT2D eigenvalue weighted by Gasteiger charge is 2.32. The van der Waals surface area contributed by atoms with E-state index in [4.69, 9.17) is 4.74 Å². The molecule has 0 spiro atoms. The van der Waals surface area contributed by atoms with Crippen molar-refractivity contribution in [2.75, 3.05) is 7.11 Å². The van der Waals surface area contributed by atoms with E-state index in [0.717, 1.165) is 16.9 Å². The van der Waals surface area contributed by atoms with Crippen LogP contribution in [0.4, 0.5) is 0 Å². The zero-order chi connectivity index (χ0) is 13.1. The third-order valence-electron chi connectivity index (χ3n) is 2.96. The van der Waals surface area contributed by atoms with Crippen molar-refractivity contribution in [1.82, 2.24) is 0 Å². The summed E-state index contributed by atoms with van der Waals surface area (Å²) in [5, 5.41) is 0. The zero-order valence-electron chi connectivity index (χ0n) is 11.2. The maximum atomic E-state index is 11.7. The second-order valence-corrected chi connectivity index (χ2v) is 4.28. The summed E-state index contributed by atoms with van der Waals surface area (Å²) in [6, 6.07) is 5.82. The molecule has 1 aromatic rings. The van der Waals surface area contributed by atoms with Gasteiger partial charge in [-0.25, -0.2) is 0 Å². The molecule has 17 heavy (non-hydrogen) atoms. The van der Waals surface area contributed by atoms with Crippen LogP contribution in [-0.2, 0) is 10.2 Å². The van der Waals surface area contributed by atoms with E-state index in [1.807, 2.05) is 52.0 Å². The molecule has 0 aliphatic heterocycles. The summed E-state index contributed by atoms with van der Waals surface area (Å²) in [6.07, 6.45) is 3.49. The lowest BCUT2D eigenvalue weighted by molar-refractivity contribution is -0.118. The van der Waals surface area contributed by atoms with Gasteiger partial charge in [0.15, 0.2) is 5.78 Å². The van der Waals surface area contributed by atoms with Gasteiger partial charge in [-0.1, -0.05) is 26.0 Å². The molecule has 0 saturated heterocycles. The van der Waals surface area contributed by atoms with Gasteiger partial charge in [-0.2, -0.15) is 0 Å². The molecule has 0 heterocycles. The van der Waals surface area contributed by atoms with Crippen LogP contribution in [0.5, 0.6) is 5.75 Å². The quantitative estimate of drug-likeness (QED) is 0.739. The molecule has 1 aliphatic carbocycles. The first-order valence-electron chi connectivity index (χ1n) is 5.97. The molecule has 0 fully saturated rings. The predicted molar refractivity (Wildman–Crippen MR) is 71.4 cm³/mol. The van der Waals surface area contributed by atoms with Crippen molar-refractivity contribution in [2.45, 2.75) is 33.1 Å². The Bertz CT molecular complexity index is 442. The predicted octanol–water partition coefficient (Wildman–Crippen LogP) is 3.59. The van der Waals surface area contributed by atoms with E-state index in [9.17, 15) is 4.79 Å². The highest BCUT2D eigenvalue weighted by Crippen LogP contribution is 2.34. The van der Waals surface area contributed by atoms with Crippen LogP contribution in [0.1, 0.15) is 38.8 Å². The molecule has 0 N–H and O–H groups in total. The van der Waals surface area contributed by atoms with Crippen LogP contribution in [0, 0.1) is 0 Å². The van der Waals surface area contributed by atoms with Crippen molar-refractivity contribution in [3.63, 3.8) is 0 Å². The van der Waals surface area contributed by atoms with Gasteiger partial charge in [0.25, 0.3) is 0 Å². The molecule has 0 radical (unpaired) electrons. The Morgan fingerprint density at radius 1 is 1.12 bits per heavy atom. The van der Waals surface area contributed by atoms with Gasteiger partial charge in [-0.05, 0) is 43.2 Å². The van der Waals surface area contributed by atoms with Crippen LogP contribution in [-0.4, -0.2) is 12.9 Å². The Morgan fingerprint density at radius 2 is 1.76 bits per heavy atom. The number of allylic oxidation sites excluding steroid dienone is 1. The Balaban J connectivity index is 0.000000686. The summed E-state index contributed by atoms with van der Waals surface area (Å²) in [5.41, 5.74) is 1.71. The first kappa shape index (κ1) is 13.5.